The predicted molar refractivity (Wildman–Crippen MR) is 44.0 cm³/mol. The molecule has 0 saturated heterocycles. The molecule has 4 nitrogen and oxygen atoms in total. The Bertz CT molecular complexity index is 133. The van der Waals surface area contributed by atoms with Gasteiger partial charge in [-0.2, -0.15) is 0 Å². The summed E-state index contributed by atoms with van der Waals surface area (Å²) in [4.78, 5) is 10.1. The molecule has 12 heavy (non-hydrogen) atoms. The van der Waals surface area contributed by atoms with Crippen molar-refractivity contribution in [1.82, 2.24) is 0 Å². The number of carboxylic acid groups (broad SMARTS) is 1. The Morgan fingerprint density at radius 3 is 2.50 bits per heavy atom. The summed E-state index contributed by atoms with van der Waals surface area (Å²) in [7, 11) is 0. The molecule has 0 aromatic heterocycles. The van der Waals surface area contributed by atoms with E-state index in [4.69, 9.17) is 14.9 Å². The lowest BCUT2D eigenvalue weighted by Gasteiger charge is -2.15. The molecular weight excluding hydrogens is 160 g/mol. The van der Waals surface area contributed by atoms with Gasteiger partial charge in [0.25, 0.3) is 0 Å². The van der Waals surface area contributed by atoms with Crippen molar-refractivity contribution in [3.05, 3.63) is 0 Å². The summed E-state index contributed by atoms with van der Waals surface area (Å²) in [6.45, 7) is 3.27. The van der Waals surface area contributed by atoms with Gasteiger partial charge in [0.05, 0.1) is 12.2 Å². The molecule has 0 aliphatic rings. The number of aliphatic hydroxyl groups excluding tert-OH is 1. The van der Waals surface area contributed by atoms with Gasteiger partial charge in [0.1, 0.15) is 6.61 Å². The fraction of sp³-hybridized carbons (Fsp3) is 0.875. The standard InChI is InChI=1S/C8H16O4/c1-3-7(4-6(2)9)12-5-8(10)11/h6-7,9H,3-5H2,1-2H3,(H,10,11). The third-order valence-corrected chi connectivity index (χ3v) is 1.50. The van der Waals surface area contributed by atoms with Crippen molar-refractivity contribution in [2.24, 2.45) is 0 Å². The van der Waals surface area contributed by atoms with Gasteiger partial charge >= 0.3 is 5.97 Å². The van der Waals surface area contributed by atoms with E-state index in [9.17, 15) is 4.79 Å². The van der Waals surface area contributed by atoms with Gasteiger partial charge in [0.2, 0.25) is 0 Å². The molecule has 2 unspecified atom stereocenters. The summed E-state index contributed by atoms with van der Waals surface area (Å²) in [6.07, 6.45) is 0.618. The van der Waals surface area contributed by atoms with Crippen molar-refractivity contribution in [3.63, 3.8) is 0 Å². The Morgan fingerprint density at radius 2 is 2.17 bits per heavy atom. The second-order valence-corrected chi connectivity index (χ2v) is 2.82. The third kappa shape index (κ3) is 6.12. The molecule has 2 atom stereocenters. The Morgan fingerprint density at radius 1 is 1.58 bits per heavy atom. The monoisotopic (exact) mass is 176 g/mol. The van der Waals surface area contributed by atoms with Gasteiger partial charge in [-0.1, -0.05) is 6.92 Å². The largest absolute Gasteiger partial charge is 0.480 e. The summed E-state index contributed by atoms with van der Waals surface area (Å²) in [5.74, 6) is -0.973. The van der Waals surface area contributed by atoms with Gasteiger partial charge < -0.3 is 14.9 Å². The number of ether oxygens (including phenoxy) is 1. The van der Waals surface area contributed by atoms with Crippen LogP contribution in [0.2, 0.25) is 0 Å². The van der Waals surface area contributed by atoms with Crippen molar-refractivity contribution in [2.45, 2.75) is 38.9 Å². The number of aliphatic carboxylic acids is 1. The third-order valence-electron chi connectivity index (χ3n) is 1.50. The molecule has 0 aromatic rings. The second kappa shape index (κ2) is 5.97. The van der Waals surface area contributed by atoms with E-state index in [1.807, 2.05) is 6.92 Å². The second-order valence-electron chi connectivity index (χ2n) is 2.82. The van der Waals surface area contributed by atoms with Crippen molar-refractivity contribution < 1.29 is 19.7 Å². The zero-order chi connectivity index (χ0) is 9.56. The van der Waals surface area contributed by atoms with Crippen LogP contribution in [0.4, 0.5) is 0 Å². The van der Waals surface area contributed by atoms with Crippen LogP contribution >= 0.6 is 0 Å². The summed E-state index contributed by atoms with van der Waals surface area (Å²) < 4.78 is 5.00. The topological polar surface area (TPSA) is 66.8 Å². The maximum absolute atomic E-state index is 10.1. The molecule has 0 fully saturated rings. The van der Waals surface area contributed by atoms with E-state index < -0.39 is 12.1 Å². The molecule has 0 spiro atoms. The van der Waals surface area contributed by atoms with Gasteiger partial charge in [-0.15, -0.1) is 0 Å². The lowest BCUT2D eigenvalue weighted by molar-refractivity contribution is -0.145. The molecule has 0 aromatic carbocycles. The van der Waals surface area contributed by atoms with Crippen LogP contribution in [0.15, 0.2) is 0 Å². The first kappa shape index (κ1) is 11.4. The molecule has 2 N–H and O–H groups in total. The van der Waals surface area contributed by atoms with Crippen LogP contribution in [0.25, 0.3) is 0 Å². The molecule has 0 bridgehead atoms. The Kier molecular flexibility index (Phi) is 5.66. The normalized spacial score (nSPS) is 15.6. The van der Waals surface area contributed by atoms with E-state index >= 15 is 0 Å². The number of carboxylic acids is 1. The highest BCUT2D eigenvalue weighted by molar-refractivity contribution is 5.68. The Labute approximate surface area is 72.2 Å². The minimum absolute atomic E-state index is 0.152. The first-order chi connectivity index (χ1) is 5.56. The number of rotatable bonds is 6. The molecule has 0 rings (SSSR count). The van der Waals surface area contributed by atoms with Gasteiger partial charge in [0.15, 0.2) is 0 Å². The molecule has 72 valence electrons. The van der Waals surface area contributed by atoms with Crippen molar-refractivity contribution in [1.29, 1.82) is 0 Å². The van der Waals surface area contributed by atoms with Crippen LogP contribution in [0.3, 0.4) is 0 Å². The number of hydrogen-bond donors (Lipinski definition) is 2. The zero-order valence-electron chi connectivity index (χ0n) is 7.49. The number of hydrogen-bond acceptors (Lipinski definition) is 3. The molecule has 0 aliphatic heterocycles. The zero-order valence-corrected chi connectivity index (χ0v) is 7.49. The maximum Gasteiger partial charge on any atom is 0.329 e. The van der Waals surface area contributed by atoms with Crippen LogP contribution in [0, 0.1) is 0 Å². The van der Waals surface area contributed by atoms with Crippen LogP contribution < -0.4 is 0 Å². The predicted octanol–water partition coefficient (Wildman–Crippen LogP) is 0.637. The fourth-order valence-electron chi connectivity index (χ4n) is 0.922. The van der Waals surface area contributed by atoms with Crippen molar-refractivity contribution >= 4 is 5.97 Å². The smallest absolute Gasteiger partial charge is 0.329 e. The minimum Gasteiger partial charge on any atom is -0.480 e. The van der Waals surface area contributed by atoms with E-state index in [2.05, 4.69) is 0 Å². The Hall–Kier alpha value is -0.610. The van der Waals surface area contributed by atoms with Crippen molar-refractivity contribution in [2.75, 3.05) is 6.61 Å². The highest BCUT2D eigenvalue weighted by atomic mass is 16.5. The molecule has 0 radical (unpaired) electrons. The average molecular weight is 176 g/mol. The van der Waals surface area contributed by atoms with Crippen molar-refractivity contribution in [3.8, 4) is 0 Å². The molecule has 0 saturated carbocycles. The van der Waals surface area contributed by atoms with Crippen LogP contribution in [-0.2, 0) is 9.53 Å². The lowest BCUT2D eigenvalue weighted by Crippen LogP contribution is -2.21. The first-order valence-electron chi connectivity index (χ1n) is 4.07. The van der Waals surface area contributed by atoms with Crippen LogP contribution in [-0.4, -0.2) is 35.0 Å². The SMILES string of the molecule is CCC(CC(C)O)OCC(=O)O. The molecule has 0 aliphatic carbocycles. The van der Waals surface area contributed by atoms with Crippen LogP contribution in [0.1, 0.15) is 26.7 Å². The minimum atomic E-state index is -0.973. The fourth-order valence-corrected chi connectivity index (χ4v) is 0.922. The van der Waals surface area contributed by atoms with Gasteiger partial charge in [-0.05, 0) is 19.8 Å². The molecule has 0 amide bonds. The van der Waals surface area contributed by atoms with E-state index in [-0.39, 0.29) is 12.7 Å². The van der Waals surface area contributed by atoms with Crippen LogP contribution in [0.5, 0.6) is 0 Å². The van der Waals surface area contributed by atoms with Gasteiger partial charge in [0, 0.05) is 0 Å². The highest BCUT2D eigenvalue weighted by Gasteiger charge is 2.11. The Balaban J connectivity index is 3.60. The van der Waals surface area contributed by atoms with E-state index in [0.29, 0.717) is 6.42 Å². The number of carbonyl (C=O) groups is 1. The summed E-state index contributed by atoms with van der Waals surface area (Å²) in [5.41, 5.74) is 0. The summed E-state index contributed by atoms with van der Waals surface area (Å²) in [6, 6.07) is 0. The highest BCUT2D eigenvalue weighted by Crippen LogP contribution is 2.06. The summed E-state index contributed by atoms with van der Waals surface area (Å²) >= 11 is 0. The lowest BCUT2D eigenvalue weighted by atomic mass is 10.1. The quantitative estimate of drug-likeness (QED) is 0.623. The van der Waals surface area contributed by atoms with E-state index in [0.717, 1.165) is 6.42 Å². The van der Waals surface area contributed by atoms with E-state index in [1.54, 1.807) is 6.92 Å². The molecular formula is C8H16O4. The summed E-state index contributed by atoms with van der Waals surface area (Å²) in [5, 5.41) is 17.3. The maximum atomic E-state index is 10.1. The molecule has 4 heteroatoms. The van der Waals surface area contributed by atoms with E-state index in [1.165, 1.54) is 0 Å². The first-order valence-corrected chi connectivity index (χ1v) is 4.07. The average Bonchev–Trinajstić information content (AvgIpc) is 1.97. The van der Waals surface area contributed by atoms with Gasteiger partial charge in [-0.25, -0.2) is 4.79 Å². The number of aliphatic hydroxyl groups is 1. The molecule has 0 heterocycles. The van der Waals surface area contributed by atoms with Gasteiger partial charge in [-0.3, -0.25) is 0 Å².